The number of nitro benzene ring substituents is 1. The SMILES string of the molecule is O=C1c2ccccc2[C@@]2(c3ccccc3)O[C@@]12c1ccc([N+](=O)[O-])cc1. The molecule has 1 saturated heterocycles. The summed E-state index contributed by atoms with van der Waals surface area (Å²) in [4.78, 5) is 23.8. The molecule has 2 aliphatic rings. The highest BCUT2D eigenvalue weighted by molar-refractivity contribution is 6.12. The Morgan fingerprint density at radius 3 is 2.08 bits per heavy atom. The van der Waals surface area contributed by atoms with Gasteiger partial charge in [0.1, 0.15) is 0 Å². The van der Waals surface area contributed by atoms with Crippen LogP contribution in [0.25, 0.3) is 0 Å². The van der Waals surface area contributed by atoms with E-state index >= 15 is 0 Å². The Balaban J connectivity index is 1.75. The third-order valence-electron chi connectivity index (χ3n) is 5.30. The molecule has 0 bridgehead atoms. The first-order valence-electron chi connectivity index (χ1n) is 8.26. The van der Waals surface area contributed by atoms with Crippen molar-refractivity contribution in [3.8, 4) is 0 Å². The van der Waals surface area contributed by atoms with Crippen molar-refractivity contribution in [1.82, 2.24) is 0 Å². The van der Waals surface area contributed by atoms with Crippen molar-refractivity contribution in [2.45, 2.75) is 11.2 Å². The molecule has 0 unspecified atom stereocenters. The van der Waals surface area contributed by atoms with Crippen molar-refractivity contribution in [2.24, 2.45) is 0 Å². The van der Waals surface area contributed by atoms with Gasteiger partial charge in [-0.05, 0) is 23.3 Å². The Morgan fingerprint density at radius 2 is 1.38 bits per heavy atom. The Kier molecular flexibility index (Phi) is 2.80. The lowest BCUT2D eigenvalue weighted by Crippen LogP contribution is -2.24. The van der Waals surface area contributed by atoms with Crippen molar-refractivity contribution in [2.75, 3.05) is 0 Å². The molecular weight excluding hydrogens is 330 g/mol. The lowest BCUT2D eigenvalue weighted by molar-refractivity contribution is -0.384. The van der Waals surface area contributed by atoms with Crippen LogP contribution in [0, 0.1) is 10.1 Å². The van der Waals surface area contributed by atoms with Gasteiger partial charge >= 0.3 is 0 Å². The van der Waals surface area contributed by atoms with Gasteiger partial charge in [0.2, 0.25) is 5.78 Å². The van der Waals surface area contributed by atoms with Crippen molar-refractivity contribution in [1.29, 1.82) is 0 Å². The Bertz CT molecular complexity index is 1060. The van der Waals surface area contributed by atoms with Gasteiger partial charge in [0.15, 0.2) is 11.2 Å². The van der Waals surface area contributed by atoms with Crippen LogP contribution in [0.1, 0.15) is 27.0 Å². The maximum atomic E-state index is 13.3. The molecule has 3 aromatic rings. The molecule has 0 saturated carbocycles. The number of hydrogen-bond donors (Lipinski definition) is 0. The molecule has 0 aromatic heterocycles. The summed E-state index contributed by atoms with van der Waals surface area (Å²) in [7, 11) is 0. The highest BCUT2D eigenvalue weighted by atomic mass is 16.6. The molecule has 1 aliphatic heterocycles. The maximum Gasteiger partial charge on any atom is 0.269 e. The smallest absolute Gasteiger partial charge is 0.269 e. The number of benzene rings is 3. The number of nitro groups is 1. The number of carbonyl (C=O) groups is 1. The van der Waals surface area contributed by atoms with Gasteiger partial charge in [-0.15, -0.1) is 0 Å². The lowest BCUT2D eigenvalue weighted by atomic mass is 9.81. The molecule has 1 aliphatic carbocycles. The van der Waals surface area contributed by atoms with E-state index in [-0.39, 0.29) is 11.5 Å². The van der Waals surface area contributed by atoms with Crippen molar-refractivity contribution in [3.05, 3.63) is 111 Å². The molecule has 26 heavy (non-hydrogen) atoms. The van der Waals surface area contributed by atoms with E-state index in [0.29, 0.717) is 11.1 Å². The molecule has 3 aromatic carbocycles. The topological polar surface area (TPSA) is 72.7 Å². The van der Waals surface area contributed by atoms with Crippen LogP contribution in [0.4, 0.5) is 5.69 Å². The van der Waals surface area contributed by atoms with Gasteiger partial charge < -0.3 is 4.74 Å². The molecule has 0 spiro atoms. The zero-order chi connectivity index (χ0) is 17.9. The second kappa shape index (κ2) is 4.86. The summed E-state index contributed by atoms with van der Waals surface area (Å²) in [5, 5.41) is 11.0. The normalized spacial score (nSPS) is 25.5. The lowest BCUT2D eigenvalue weighted by Gasteiger charge is -2.13. The second-order valence-electron chi connectivity index (χ2n) is 6.51. The Hall–Kier alpha value is -3.31. The van der Waals surface area contributed by atoms with Gasteiger partial charge in [-0.3, -0.25) is 14.9 Å². The first kappa shape index (κ1) is 15.0. The van der Waals surface area contributed by atoms with Gasteiger partial charge in [-0.25, -0.2) is 0 Å². The Morgan fingerprint density at radius 1 is 0.769 bits per heavy atom. The van der Waals surface area contributed by atoms with Crippen LogP contribution in [-0.2, 0) is 15.9 Å². The van der Waals surface area contributed by atoms with Crippen LogP contribution in [0.3, 0.4) is 0 Å². The van der Waals surface area contributed by atoms with Gasteiger partial charge in [0.25, 0.3) is 5.69 Å². The van der Waals surface area contributed by atoms with Crippen LogP contribution in [0.15, 0.2) is 78.9 Å². The van der Waals surface area contributed by atoms with Gasteiger partial charge in [-0.2, -0.15) is 0 Å². The third kappa shape index (κ3) is 1.61. The van der Waals surface area contributed by atoms with Gasteiger partial charge in [0, 0.05) is 23.3 Å². The summed E-state index contributed by atoms with van der Waals surface area (Å²) in [6, 6.07) is 23.2. The first-order valence-corrected chi connectivity index (χ1v) is 8.26. The van der Waals surface area contributed by atoms with Crippen LogP contribution in [0.5, 0.6) is 0 Å². The minimum atomic E-state index is -1.16. The fourth-order valence-electron chi connectivity index (χ4n) is 4.13. The van der Waals surface area contributed by atoms with E-state index < -0.39 is 16.1 Å². The molecule has 126 valence electrons. The summed E-state index contributed by atoms with van der Waals surface area (Å²) >= 11 is 0. The van der Waals surface area contributed by atoms with Gasteiger partial charge in [-0.1, -0.05) is 54.6 Å². The van der Waals surface area contributed by atoms with E-state index in [4.69, 9.17) is 4.74 Å². The largest absolute Gasteiger partial charge is 0.338 e. The highest BCUT2D eigenvalue weighted by Gasteiger charge is 2.81. The van der Waals surface area contributed by atoms with Crippen molar-refractivity contribution in [3.63, 3.8) is 0 Å². The second-order valence-corrected chi connectivity index (χ2v) is 6.51. The predicted octanol–water partition coefficient (Wildman–Crippen LogP) is 3.96. The number of fused-ring (bicyclic) bond motifs is 3. The van der Waals surface area contributed by atoms with Crippen LogP contribution in [0.2, 0.25) is 0 Å². The molecule has 0 amide bonds. The minimum Gasteiger partial charge on any atom is -0.338 e. The summed E-state index contributed by atoms with van der Waals surface area (Å²) in [6.45, 7) is 0. The molecule has 5 heteroatoms. The monoisotopic (exact) mass is 343 g/mol. The molecule has 1 fully saturated rings. The van der Waals surface area contributed by atoms with Crippen LogP contribution in [-0.4, -0.2) is 10.7 Å². The number of Topliss-reactive ketones (excluding diaryl/α,β-unsaturated/α-hetero) is 1. The number of non-ortho nitro benzene ring substituents is 1. The molecule has 0 radical (unpaired) electrons. The number of ether oxygens (including phenoxy) is 1. The fourth-order valence-corrected chi connectivity index (χ4v) is 4.13. The van der Waals surface area contributed by atoms with Crippen molar-refractivity contribution >= 4 is 11.5 Å². The van der Waals surface area contributed by atoms with Crippen LogP contribution < -0.4 is 0 Å². The fraction of sp³-hybridized carbons (Fsp3) is 0.0952. The van der Waals surface area contributed by atoms with E-state index in [1.807, 2.05) is 54.6 Å². The molecule has 2 atom stereocenters. The summed E-state index contributed by atoms with van der Waals surface area (Å²) in [5.41, 5.74) is 0.963. The highest BCUT2D eigenvalue weighted by Crippen LogP contribution is 2.71. The maximum absolute atomic E-state index is 13.3. The zero-order valence-electron chi connectivity index (χ0n) is 13.6. The van der Waals surface area contributed by atoms with E-state index in [1.165, 1.54) is 12.1 Å². The third-order valence-corrected chi connectivity index (χ3v) is 5.30. The number of epoxide rings is 1. The number of carbonyl (C=O) groups excluding carboxylic acids is 1. The molecule has 0 N–H and O–H groups in total. The Labute approximate surface area is 149 Å². The zero-order valence-corrected chi connectivity index (χ0v) is 13.6. The standard InChI is InChI=1S/C21H13NO4/c23-19-17-8-4-5-9-18(17)20(14-6-2-1-3-7-14)21(19,26-20)15-10-12-16(13-11-15)22(24)25/h1-13H/t20-,21+/m1/s1. The van der Waals surface area contributed by atoms with Crippen molar-refractivity contribution < 1.29 is 14.5 Å². The van der Waals surface area contributed by atoms with E-state index in [2.05, 4.69) is 0 Å². The average Bonchev–Trinajstić information content (AvgIpc) is 3.35. The van der Waals surface area contributed by atoms with Crippen LogP contribution >= 0.6 is 0 Å². The van der Waals surface area contributed by atoms with E-state index in [0.717, 1.165) is 11.1 Å². The number of rotatable bonds is 3. The van der Waals surface area contributed by atoms with E-state index in [9.17, 15) is 14.9 Å². The van der Waals surface area contributed by atoms with Gasteiger partial charge in [0.05, 0.1) is 4.92 Å². The molecular formula is C21H13NO4. The summed E-state index contributed by atoms with van der Waals surface area (Å²) in [6.07, 6.45) is 0. The number of hydrogen-bond acceptors (Lipinski definition) is 4. The average molecular weight is 343 g/mol. The van der Waals surface area contributed by atoms with E-state index in [1.54, 1.807) is 12.1 Å². The molecule has 1 heterocycles. The first-order chi connectivity index (χ1) is 12.6. The minimum absolute atomic E-state index is 0.0147. The predicted molar refractivity (Wildman–Crippen MR) is 93.9 cm³/mol. The summed E-state index contributed by atoms with van der Waals surface area (Å²) < 4.78 is 6.22. The quantitative estimate of drug-likeness (QED) is 0.410. The number of ketones is 1. The number of nitrogens with zero attached hydrogens (tertiary/aromatic N) is 1. The molecule has 5 nitrogen and oxygen atoms in total. The summed E-state index contributed by atoms with van der Waals surface area (Å²) in [5.74, 6) is -0.106. The molecule has 5 rings (SSSR count).